The highest BCUT2D eigenvalue weighted by atomic mass is 16.6. The van der Waals surface area contributed by atoms with Crippen LogP contribution in [0.2, 0.25) is 0 Å². The molecule has 0 amide bonds. The van der Waals surface area contributed by atoms with Crippen molar-refractivity contribution in [2.45, 2.75) is 26.3 Å². The van der Waals surface area contributed by atoms with Crippen LogP contribution in [0.3, 0.4) is 0 Å². The van der Waals surface area contributed by atoms with E-state index in [0.29, 0.717) is 36.6 Å². The van der Waals surface area contributed by atoms with Crippen molar-refractivity contribution in [3.05, 3.63) is 98.4 Å². The molecule has 2 aromatic rings. The van der Waals surface area contributed by atoms with Gasteiger partial charge >= 0.3 is 11.9 Å². The number of aliphatic hydroxyl groups excluding tert-OH is 1. The molecule has 0 bridgehead atoms. The highest BCUT2D eigenvalue weighted by Gasteiger charge is 2.40. The lowest BCUT2D eigenvalue weighted by atomic mass is 9.79. The second kappa shape index (κ2) is 12.3. The maximum atomic E-state index is 13.2. The number of esters is 1. The molecule has 0 saturated heterocycles. The molecule has 2 aromatic carbocycles. The number of aliphatic hydroxyl groups is 1. The Bertz CT molecular complexity index is 1220. The van der Waals surface area contributed by atoms with E-state index in [1.807, 2.05) is 37.4 Å². The zero-order valence-electron chi connectivity index (χ0n) is 21.1. The number of nitro groups is 1. The molecule has 0 aromatic heterocycles. The van der Waals surface area contributed by atoms with Gasteiger partial charge in [-0.25, -0.2) is 9.59 Å². The molecular weight excluding hydrogens is 478 g/mol. The number of hydrogen-bond donors (Lipinski definition) is 2. The molecule has 37 heavy (non-hydrogen) atoms. The summed E-state index contributed by atoms with van der Waals surface area (Å²) in [6.45, 7) is 4.38. The van der Waals surface area contributed by atoms with Gasteiger partial charge in [0.25, 0.3) is 5.69 Å². The van der Waals surface area contributed by atoms with E-state index in [-0.39, 0.29) is 23.4 Å². The lowest BCUT2D eigenvalue weighted by Crippen LogP contribution is -2.38. The summed E-state index contributed by atoms with van der Waals surface area (Å²) in [6.07, 6.45) is 0. The highest BCUT2D eigenvalue weighted by Crippen LogP contribution is 2.43. The van der Waals surface area contributed by atoms with Gasteiger partial charge in [-0.15, -0.1) is 0 Å². The van der Waals surface area contributed by atoms with Gasteiger partial charge in [-0.3, -0.25) is 10.1 Å². The maximum absolute atomic E-state index is 13.2. The Kier molecular flexibility index (Phi) is 9.15. The molecule has 0 spiro atoms. The summed E-state index contributed by atoms with van der Waals surface area (Å²) < 4.78 is 5.21. The third kappa shape index (κ3) is 6.41. The molecular formula is C27H31N3O7. The van der Waals surface area contributed by atoms with E-state index >= 15 is 0 Å². The van der Waals surface area contributed by atoms with Crippen LogP contribution in [0.15, 0.2) is 77.1 Å². The summed E-state index contributed by atoms with van der Waals surface area (Å²) in [4.78, 5) is 40.4. The molecule has 0 radical (unpaired) electrons. The fourth-order valence-corrected chi connectivity index (χ4v) is 4.60. The van der Waals surface area contributed by atoms with Gasteiger partial charge in [0.15, 0.2) is 0 Å². The first kappa shape index (κ1) is 27.6. The molecule has 196 valence electrons. The van der Waals surface area contributed by atoms with Crippen LogP contribution in [0.25, 0.3) is 0 Å². The van der Waals surface area contributed by atoms with Crippen LogP contribution in [0.4, 0.5) is 5.69 Å². The maximum Gasteiger partial charge on any atom is 0.336 e. The third-order valence-electron chi connectivity index (χ3n) is 6.36. The minimum Gasteiger partial charge on any atom is -0.478 e. The number of likely N-dealkylation sites (N-methyl/N-ethyl adjacent to an activating group) is 1. The lowest BCUT2D eigenvalue weighted by Gasteiger charge is -2.38. The van der Waals surface area contributed by atoms with Crippen molar-refractivity contribution in [1.29, 1.82) is 0 Å². The Morgan fingerprint density at radius 3 is 2.38 bits per heavy atom. The summed E-state index contributed by atoms with van der Waals surface area (Å²) >= 11 is 0. The Balaban J connectivity index is 2.03. The highest BCUT2D eigenvalue weighted by molar-refractivity contribution is 5.99. The van der Waals surface area contributed by atoms with Crippen molar-refractivity contribution in [2.24, 2.45) is 0 Å². The second-order valence-corrected chi connectivity index (χ2v) is 8.82. The number of nitrogens with zero attached hydrogens (tertiary/aromatic N) is 3. The monoisotopic (exact) mass is 509 g/mol. The fraction of sp³-hybridized carbons (Fsp3) is 0.333. The van der Waals surface area contributed by atoms with Gasteiger partial charge in [0, 0.05) is 43.2 Å². The Labute approximate surface area is 215 Å². The molecule has 2 N–H and O–H groups in total. The number of hydrogen-bond acceptors (Lipinski definition) is 8. The molecule has 1 aliphatic rings. The normalized spacial score (nSPS) is 15.8. The van der Waals surface area contributed by atoms with Gasteiger partial charge in [-0.2, -0.15) is 0 Å². The number of benzene rings is 2. The van der Waals surface area contributed by atoms with Crippen molar-refractivity contribution < 1.29 is 29.5 Å². The van der Waals surface area contributed by atoms with Gasteiger partial charge < -0.3 is 24.7 Å². The number of allylic oxidation sites excluding steroid dienone is 2. The topological polar surface area (TPSA) is 133 Å². The quantitative estimate of drug-likeness (QED) is 0.266. The first-order valence-electron chi connectivity index (χ1n) is 11.8. The summed E-state index contributed by atoms with van der Waals surface area (Å²) in [5.41, 5.74) is 2.15. The molecule has 3 rings (SSSR count). The minimum absolute atomic E-state index is 0.0623. The standard InChI is InChI=1S/C27H31N3O7/c1-18-23(26(32)33)25(21-10-7-11-22(16-21)30(35)36)24(27(34)37-15-14-31)19(2)29(18)13-12-28(3)17-20-8-5-4-6-9-20/h4-11,16,25,31H,12-15,17H2,1-3H3,(H,32,33). The van der Waals surface area contributed by atoms with Gasteiger partial charge in [-0.1, -0.05) is 42.5 Å². The number of nitro benzene ring substituents is 1. The van der Waals surface area contributed by atoms with Crippen LogP contribution in [0.5, 0.6) is 0 Å². The van der Waals surface area contributed by atoms with Crippen molar-refractivity contribution in [1.82, 2.24) is 9.80 Å². The van der Waals surface area contributed by atoms with Crippen LogP contribution in [0, 0.1) is 10.1 Å². The summed E-state index contributed by atoms with van der Waals surface area (Å²) in [7, 11) is 1.95. The number of carbonyl (C=O) groups excluding carboxylic acids is 1. The molecule has 1 atom stereocenters. The fourth-order valence-electron chi connectivity index (χ4n) is 4.60. The van der Waals surface area contributed by atoms with E-state index in [4.69, 9.17) is 4.74 Å². The van der Waals surface area contributed by atoms with Crippen LogP contribution < -0.4 is 0 Å². The van der Waals surface area contributed by atoms with Crippen LogP contribution in [-0.2, 0) is 20.9 Å². The van der Waals surface area contributed by atoms with Gasteiger partial charge in [-0.05, 0) is 32.0 Å². The van der Waals surface area contributed by atoms with Crippen molar-refractivity contribution in [3.63, 3.8) is 0 Å². The number of carbonyl (C=O) groups is 2. The SMILES string of the molecule is CC1=C(C(=O)O)C(c2cccc([N+](=O)[O-])c2)C(C(=O)OCCO)=C(C)N1CCN(C)Cc1ccccc1. The minimum atomic E-state index is -1.24. The number of carboxylic acids is 1. The molecule has 0 saturated carbocycles. The van der Waals surface area contributed by atoms with Crippen LogP contribution >= 0.6 is 0 Å². The van der Waals surface area contributed by atoms with E-state index in [1.165, 1.54) is 18.2 Å². The average molecular weight is 510 g/mol. The summed E-state index contributed by atoms with van der Waals surface area (Å²) in [6, 6.07) is 15.5. The van der Waals surface area contributed by atoms with Crippen molar-refractivity contribution >= 4 is 17.6 Å². The average Bonchev–Trinajstić information content (AvgIpc) is 2.87. The predicted molar refractivity (Wildman–Crippen MR) is 136 cm³/mol. The first-order chi connectivity index (χ1) is 17.6. The number of ether oxygens (including phenoxy) is 1. The lowest BCUT2D eigenvalue weighted by molar-refractivity contribution is -0.384. The second-order valence-electron chi connectivity index (χ2n) is 8.82. The predicted octanol–water partition coefficient (Wildman–Crippen LogP) is 3.29. The third-order valence-corrected chi connectivity index (χ3v) is 6.36. The zero-order valence-corrected chi connectivity index (χ0v) is 21.1. The van der Waals surface area contributed by atoms with Crippen molar-refractivity contribution in [3.8, 4) is 0 Å². The smallest absolute Gasteiger partial charge is 0.336 e. The van der Waals surface area contributed by atoms with E-state index in [1.54, 1.807) is 24.8 Å². The zero-order chi connectivity index (χ0) is 27.1. The molecule has 1 heterocycles. The first-order valence-corrected chi connectivity index (χ1v) is 11.8. The van der Waals surface area contributed by atoms with E-state index in [2.05, 4.69) is 4.90 Å². The van der Waals surface area contributed by atoms with Crippen LogP contribution in [-0.4, -0.2) is 70.2 Å². The van der Waals surface area contributed by atoms with E-state index in [0.717, 1.165) is 5.56 Å². The van der Waals surface area contributed by atoms with E-state index < -0.39 is 29.4 Å². The number of non-ortho nitro benzene ring substituents is 1. The Morgan fingerprint density at radius 1 is 1.08 bits per heavy atom. The molecule has 1 aliphatic heterocycles. The number of rotatable bonds is 11. The summed E-state index contributed by atoms with van der Waals surface area (Å²) in [5.74, 6) is -3.10. The van der Waals surface area contributed by atoms with Gasteiger partial charge in [0.2, 0.25) is 0 Å². The summed E-state index contributed by atoms with van der Waals surface area (Å²) in [5, 5.41) is 30.8. The Hall–Kier alpha value is -4.02. The largest absolute Gasteiger partial charge is 0.478 e. The number of aliphatic carboxylic acids is 1. The molecule has 0 aliphatic carbocycles. The van der Waals surface area contributed by atoms with Gasteiger partial charge in [0.05, 0.1) is 28.6 Å². The molecule has 1 unspecified atom stereocenters. The Morgan fingerprint density at radius 2 is 1.76 bits per heavy atom. The van der Waals surface area contributed by atoms with E-state index in [9.17, 15) is 29.9 Å². The molecule has 0 fully saturated rings. The van der Waals surface area contributed by atoms with Crippen molar-refractivity contribution in [2.75, 3.05) is 33.4 Å². The van der Waals surface area contributed by atoms with Gasteiger partial charge in [0.1, 0.15) is 6.61 Å². The number of carboxylic acid groups (broad SMARTS) is 1. The molecule has 10 nitrogen and oxygen atoms in total. The van der Waals surface area contributed by atoms with Crippen LogP contribution in [0.1, 0.15) is 30.9 Å². The molecule has 10 heteroatoms.